The third-order valence-corrected chi connectivity index (χ3v) is 4.54. The molecule has 1 aromatic carbocycles. The van der Waals surface area contributed by atoms with Gasteiger partial charge in [0.25, 0.3) is 0 Å². The van der Waals surface area contributed by atoms with Crippen LogP contribution in [0.2, 0.25) is 0 Å². The molecule has 0 spiro atoms. The molecule has 0 aliphatic rings. The van der Waals surface area contributed by atoms with E-state index < -0.39 is 0 Å². The number of fused-ring (bicyclic) bond motifs is 1. The normalized spacial score (nSPS) is 11.3. The van der Waals surface area contributed by atoms with Crippen LogP contribution in [0, 0.1) is 4.77 Å². The summed E-state index contributed by atoms with van der Waals surface area (Å²) >= 11 is 9.06. The smallest absolute Gasteiger partial charge is 0.179 e. The Bertz CT molecular complexity index is 827. The van der Waals surface area contributed by atoms with Crippen molar-refractivity contribution < 1.29 is 0 Å². The van der Waals surface area contributed by atoms with E-state index in [-0.39, 0.29) is 0 Å². The fourth-order valence-electron chi connectivity index (χ4n) is 2.47. The highest BCUT2D eigenvalue weighted by Gasteiger charge is 2.14. The molecular formula is C14H15BrN4S. The molecule has 3 rings (SSSR count). The second-order valence-corrected chi connectivity index (χ2v) is 5.97. The summed E-state index contributed by atoms with van der Waals surface area (Å²) in [5, 5.41) is 4.54. The van der Waals surface area contributed by atoms with Gasteiger partial charge < -0.3 is 4.98 Å². The Morgan fingerprint density at radius 3 is 2.80 bits per heavy atom. The topological polar surface area (TPSA) is 38.5 Å². The molecular weight excluding hydrogens is 336 g/mol. The summed E-state index contributed by atoms with van der Waals surface area (Å²) in [5.74, 6) is 0. The molecule has 0 saturated carbocycles. The Hall–Kier alpha value is -1.40. The highest BCUT2D eigenvalue weighted by Crippen LogP contribution is 2.22. The molecule has 2 heterocycles. The fourth-order valence-corrected chi connectivity index (χ4v) is 3.13. The minimum Gasteiger partial charge on any atom is -0.328 e. The highest BCUT2D eigenvalue weighted by molar-refractivity contribution is 9.10. The van der Waals surface area contributed by atoms with Crippen molar-refractivity contribution in [2.45, 2.75) is 19.9 Å². The Morgan fingerprint density at radius 2 is 2.10 bits per heavy atom. The molecule has 2 aromatic heterocycles. The van der Waals surface area contributed by atoms with Gasteiger partial charge in [0.15, 0.2) is 10.4 Å². The lowest BCUT2D eigenvalue weighted by Gasteiger charge is -2.07. The highest BCUT2D eigenvalue weighted by atomic mass is 79.9. The van der Waals surface area contributed by atoms with Crippen molar-refractivity contribution in [3.8, 4) is 0 Å². The molecule has 1 N–H and O–H groups in total. The zero-order chi connectivity index (χ0) is 14.3. The van der Waals surface area contributed by atoms with Crippen molar-refractivity contribution in [3.05, 3.63) is 44.8 Å². The minimum absolute atomic E-state index is 0.725. The van der Waals surface area contributed by atoms with E-state index in [4.69, 9.17) is 12.2 Å². The van der Waals surface area contributed by atoms with E-state index in [2.05, 4.69) is 43.6 Å². The number of aromatic amines is 1. The third-order valence-electron chi connectivity index (χ3n) is 3.44. The summed E-state index contributed by atoms with van der Waals surface area (Å²) in [5.41, 5.74) is 4.35. The lowest BCUT2D eigenvalue weighted by molar-refractivity contribution is 0.708. The first-order valence-corrected chi connectivity index (χ1v) is 7.69. The van der Waals surface area contributed by atoms with Crippen molar-refractivity contribution in [1.82, 2.24) is 19.3 Å². The molecule has 0 amide bonds. The number of halogens is 1. The van der Waals surface area contributed by atoms with E-state index in [1.807, 2.05) is 29.9 Å². The zero-order valence-corrected chi connectivity index (χ0v) is 13.8. The molecule has 3 aromatic rings. The number of aryl methyl sites for hydroxylation is 2. The van der Waals surface area contributed by atoms with Crippen LogP contribution in [0.5, 0.6) is 0 Å². The summed E-state index contributed by atoms with van der Waals surface area (Å²) in [4.78, 5) is 3.29. The number of hydrogen-bond donors (Lipinski definition) is 1. The van der Waals surface area contributed by atoms with E-state index in [0.29, 0.717) is 0 Å². The number of nitrogens with zero attached hydrogens (tertiary/aromatic N) is 3. The Balaban J connectivity index is 2.17. The summed E-state index contributed by atoms with van der Waals surface area (Å²) < 4.78 is 5.82. The Kier molecular flexibility index (Phi) is 3.52. The molecule has 0 atom stereocenters. The fraction of sp³-hybridized carbons (Fsp3) is 0.286. The molecule has 104 valence electrons. The maximum absolute atomic E-state index is 5.47. The van der Waals surface area contributed by atoms with Crippen LogP contribution in [-0.4, -0.2) is 19.3 Å². The van der Waals surface area contributed by atoms with E-state index >= 15 is 0 Å². The van der Waals surface area contributed by atoms with E-state index in [0.717, 1.165) is 39.1 Å². The van der Waals surface area contributed by atoms with Crippen LogP contribution in [0.3, 0.4) is 0 Å². The van der Waals surface area contributed by atoms with E-state index in [1.54, 1.807) is 0 Å². The second kappa shape index (κ2) is 5.18. The number of benzene rings is 1. The quantitative estimate of drug-likeness (QED) is 0.729. The largest absolute Gasteiger partial charge is 0.328 e. The van der Waals surface area contributed by atoms with Gasteiger partial charge in [0.05, 0.1) is 12.2 Å². The van der Waals surface area contributed by atoms with Gasteiger partial charge in [0, 0.05) is 11.5 Å². The predicted molar refractivity (Wildman–Crippen MR) is 86.5 cm³/mol. The molecule has 4 nitrogen and oxygen atoms in total. The second-order valence-electron chi connectivity index (χ2n) is 4.73. The van der Waals surface area contributed by atoms with Crippen LogP contribution in [-0.2, 0) is 20.0 Å². The number of H-pyrrole nitrogens is 1. The first kappa shape index (κ1) is 13.6. The molecule has 0 unspecified atom stereocenters. The first-order valence-electron chi connectivity index (χ1n) is 6.49. The van der Waals surface area contributed by atoms with Crippen LogP contribution < -0.4 is 0 Å². The standard InChI is InChI=1S/C14H15BrN4S/c1-3-11-12-13(18(2)17-11)19(14(20)16-12)8-9-6-4-5-7-10(9)15/h4-7H,3,8H2,1-2H3,(H,16,20). The predicted octanol–water partition coefficient (Wildman–Crippen LogP) is 3.81. The molecule has 0 saturated heterocycles. The lowest BCUT2D eigenvalue weighted by Crippen LogP contribution is -2.04. The van der Waals surface area contributed by atoms with Crippen molar-refractivity contribution in [2.24, 2.45) is 7.05 Å². The number of hydrogen-bond acceptors (Lipinski definition) is 2. The summed E-state index contributed by atoms with van der Waals surface area (Å²) in [6.45, 7) is 2.83. The van der Waals surface area contributed by atoms with Crippen LogP contribution in [0.4, 0.5) is 0 Å². The number of aromatic nitrogens is 4. The molecule has 6 heteroatoms. The SMILES string of the molecule is CCc1nn(C)c2c1[nH]c(=S)n2Cc1ccccc1Br. The third kappa shape index (κ3) is 2.13. The minimum atomic E-state index is 0.725. The van der Waals surface area contributed by atoms with Crippen LogP contribution in [0.25, 0.3) is 11.2 Å². The van der Waals surface area contributed by atoms with Crippen molar-refractivity contribution in [2.75, 3.05) is 0 Å². The van der Waals surface area contributed by atoms with Gasteiger partial charge in [-0.25, -0.2) is 0 Å². The number of rotatable bonds is 3. The van der Waals surface area contributed by atoms with Crippen LogP contribution >= 0.6 is 28.1 Å². The Labute approximate surface area is 130 Å². The molecule has 0 aliphatic heterocycles. The molecule has 0 fully saturated rings. The van der Waals surface area contributed by atoms with Gasteiger partial charge in [-0.3, -0.25) is 9.25 Å². The monoisotopic (exact) mass is 350 g/mol. The van der Waals surface area contributed by atoms with Gasteiger partial charge in [-0.2, -0.15) is 5.10 Å². The van der Waals surface area contributed by atoms with E-state index in [1.165, 1.54) is 5.56 Å². The summed E-state index contributed by atoms with van der Waals surface area (Å²) in [6.07, 6.45) is 0.891. The van der Waals surface area contributed by atoms with Crippen molar-refractivity contribution in [3.63, 3.8) is 0 Å². The zero-order valence-electron chi connectivity index (χ0n) is 11.4. The average Bonchev–Trinajstić information content (AvgIpc) is 2.91. The summed E-state index contributed by atoms with van der Waals surface area (Å²) in [6, 6.07) is 8.19. The Morgan fingerprint density at radius 1 is 1.35 bits per heavy atom. The summed E-state index contributed by atoms with van der Waals surface area (Å²) in [7, 11) is 1.96. The molecule has 0 radical (unpaired) electrons. The van der Waals surface area contributed by atoms with Crippen LogP contribution in [0.15, 0.2) is 28.7 Å². The first-order chi connectivity index (χ1) is 9.61. The van der Waals surface area contributed by atoms with Gasteiger partial charge in [-0.15, -0.1) is 0 Å². The van der Waals surface area contributed by atoms with Gasteiger partial charge in [-0.05, 0) is 30.3 Å². The molecule has 20 heavy (non-hydrogen) atoms. The van der Waals surface area contributed by atoms with Gasteiger partial charge in [-0.1, -0.05) is 41.1 Å². The number of nitrogens with one attached hydrogen (secondary N) is 1. The maximum Gasteiger partial charge on any atom is 0.179 e. The van der Waals surface area contributed by atoms with Gasteiger partial charge >= 0.3 is 0 Å². The van der Waals surface area contributed by atoms with Crippen LogP contribution in [0.1, 0.15) is 18.2 Å². The average molecular weight is 351 g/mol. The lowest BCUT2D eigenvalue weighted by atomic mass is 10.2. The van der Waals surface area contributed by atoms with Crippen molar-refractivity contribution in [1.29, 1.82) is 0 Å². The number of imidazole rings is 1. The van der Waals surface area contributed by atoms with Gasteiger partial charge in [0.1, 0.15) is 5.52 Å². The van der Waals surface area contributed by atoms with Crippen molar-refractivity contribution >= 4 is 39.3 Å². The van der Waals surface area contributed by atoms with E-state index in [9.17, 15) is 0 Å². The maximum atomic E-state index is 5.47. The molecule has 0 aliphatic carbocycles. The van der Waals surface area contributed by atoms with Gasteiger partial charge in [0.2, 0.25) is 0 Å². The molecule has 0 bridgehead atoms.